The first-order valence-corrected chi connectivity index (χ1v) is 8.21. The van der Waals surface area contributed by atoms with E-state index in [1.807, 2.05) is 0 Å². The molecule has 122 valence electrons. The number of benzene rings is 1. The molecule has 0 radical (unpaired) electrons. The Morgan fingerprint density at radius 1 is 1.39 bits per heavy atom. The molecule has 0 saturated carbocycles. The van der Waals surface area contributed by atoms with E-state index in [4.69, 9.17) is 0 Å². The van der Waals surface area contributed by atoms with Crippen LogP contribution in [0.2, 0.25) is 0 Å². The summed E-state index contributed by atoms with van der Waals surface area (Å²) in [6, 6.07) is 4.04. The third kappa shape index (κ3) is 3.76. The van der Waals surface area contributed by atoms with Gasteiger partial charge in [0.15, 0.2) is 5.82 Å². The van der Waals surface area contributed by atoms with Gasteiger partial charge in [0.25, 0.3) is 5.91 Å². The molecule has 0 unspecified atom stereocenters. The maximum Gasteiger partial charge on any atom is 0.258 e. The highest BCUT2D eigenvalue weighted by molar-refractivity contribution is 9.10. The van der Waals surface area contributed by atoms with Gasteiger partial charge in [-0.2, -0.15) is 10.1 Å². The van der Waals surface area contributed by atoms with Gasteiger partial charge in [0.05, 0.1) is 0 Å². The van der Waals surface area contributed by atoms with Crippen LogP contribution in [0.3, 0.4) is 0 Å². The average Bonchev–Trinajstić information content (AvgIpc) is 2.88. The van der Waals surface area contributed by atoms with E-state index in [0.29, 0.717) is 16.3 Å². The molecular formula is C15H17BrFN5O. The second-order valence-corrected chi connectivity index (χ2v) is 6.47. The summed E-state index contributed by atoms with van der Waals surface area (Å²) in [4.78, 5) is 16.7. The molecule has 8 heteroatoms. The van der Waals surface area contributed by atoms with Crippen LogP contribution in [0.1, 0.15) is 34.9 Å². The van der Waals surface area contributed by atoms with Crippen molar-refractivity contribution >= 4 is 27.8 Å². The van der Waals surface area contributed by atoms with E-state index in [1.54, 1.807) is 17.8 Å². The number of amides is 1. The minimum Gasteiger partial charge on any atom is -0.317 e. The lowest BCUT2D eigenvalue weighted by Crippen LogP contribution is -2.27. The standard InChI is InChI=1S/C15H17BrFN5O/c1-22-15(19-13(21-22)9-2-4-18-5-3-9)20-14(23)10-6-11(16)8-12(17)7-10/h6-9,18H,2-5H2,1H3,(H,19,20,21,23). The average molecular weight is 382 g/mol. The number of hydrogen-bond acceptors (Lipinski definition) is 4. The molecule has 1 amide bonds. The summed E-state index contributed by atoms with van der Waals surface area (Å²) in [6.07, 6.45) is 1.96. The molecule has 1 aromatic carbocycles. The summed E-state index contributed by atoms with van der Waals surface area (Å²) in [5.74, 6) is 0.514. The van der Waals surface area contributed by atoms with Gasteiger partial charge in [-0.05, 0) is 44.1 Å². The highest BCUT2D eigenvalue weighted by atomic mass is 79.9. The maximum atomic E-state index is 13.4. The third-order valence-electron chi connectivity index (χ3n) is 3.83. The Morgan fingerprint density at radius 2 is 2.13 bits per heavy atom. The first-order valence-electron chi connectivity index (χ1n) is 7.42. The number of piperidine rings is 1. The summed E-state index contributed by atoms with van der Waals surface area (Å²) < 4.78 is 15.5. The van der Waals surface area contributed by atoms with Gasteiger partial charge in [0, 0.05) is 23.0 Å². The van der Waals surface area contributed by atoms with Crippen LogP contribution in [0.4, 0.5) is 10.3 Å². The number of nitrogens with zero attached hydrogens (tertiary/aromatic N) is 3. The lowest BCUT2D eigenvalue weighted by atomic mass is 9.98. The molecule has 1 aromatic heterocycles. The summed E-state index contributed by atoms with van der Waals surface area (Å²) in [7, 11) is 1.73. The van der Waals surface area contributed by atoms with Crippen molar-refractivity contribution in [2.75, 3.05) is 18.4 Å². The van der Waals surface area contributed by atoms with Crippen molar-refractivity contribution in [1.29, 1.82) is 0 Å². The Balaban J connectivity index is 1.77. The van der Waals surface area contributed by atoms with Crippen LogP contribution >= 0.6 is 15.9 Å². The van der Waals surface area contributed by atoms with Crippen LogP contribution < -0.4 is 10.6 Å². The fraction of sp³-hybridized carbons (Fsp3) is 0.400. The summed E-state index contributed by atoms with van der Waals surface area (Å²) in [5.41, 5.74) is 0.225. The predicted octanol–water partition coefficient (Wildman–Crippen LogP) is 2.44. The zero-order chi connectivity index (χ0) is 16.4. The number of nitrogens with one attached hydrogen (secondary N) is 2. The van der Waals surface area contributed by atoms with E-state index in [2.05, 4.69) is 36.6 Å². The molecule has 1 saturated heterocycles. The molecular weight excluding hydrogens is 365 g/mol. The number of carbonyl (C=O) groups excluding carboxylic acids is 1. The van der Waals surface area contributed by atoms with Gasteiger partial charge in [-0.15, -0.1) is 0 Å². The zero-order valence-electron chi connectivity index (χ0n) is 12.6. The van der Waals surface area contributed by atoms with Crippen molar-refractivity contribution in [3.8, 4) is 0 Å². The second-order valence-electron chi connectivity index (χ2n) is 5.55. The molecule has 23 heavy (non-hydrogen) atoms. The van der Waals surface area contributed by atoms with Crippen LogP contribution in [0.25, 0.3) is 0 Å². The number of anilines is 1. The number of rotatable bonds is 3. The summed E-state index contributed by atoms with van der Waals surface area (Å²) in [6.45, 7) is 1.89. The Morgan fingerprint density at radius 3 is 2.83 bits per heavy atom. The van der Waals surface area contributed by atoms with E-state index < -0.39 is 11.7 Å². The van der Waals surface area contributed by atoms with E-state index in [1.165, 1.54) is 12.1 Å². The number of halogens is 2. The van der Waals surface area contributed by atoms with Gasteiger partial charge in [-0.25, -0.2) is 9.07 Å². The summed E-state index contributed by atoms with van der Waals surface area (Å²) >= 11 is 3.18. The van der Waals surface area contributed by atoms with Gasteiger partial charge in [-0.3, -0.25) is 10.1 Å². The van der Waals surface area contributed by atoms with Gasteiger partial charge in [-0.1, -0.05) is 15.9 Å². The Kier molecular flexibility index (Phi) is 4.72. The van der Waals surface area contributed by atoms with Crippen LogP contribution in [-0.4, -0.2) is 33.8 Å². The van der Waals surface area contributed by atoms with Gasteiger partial charge in [0.2, 0.25) is 5.95 Å². The van der Waals surface area contributed by atoms with Crippen molar-refractivity contribution in [3.63, 3.8) is 0 Å². The van der Waals surface area contributed by atoms with Crippen molar-refractivity contribution < 1.29 is 9.18 Å². The SMILES string of the molecule is Cn1nc(C2CCNCC2)nc1NC(=O)c1cc(F)cc(Br)c1. The molecule has 3 rings (SSSR count). The zero-order valence-corrected chi connectivity index (χ0v) is 14.2. The Labute approximate surface area is 141 Å². The van der Waals surface area contributed by atoms with E-state index >= 15 is 0 Å². The molecule has 0 bridgehead atoms. The molecule has 6 nitrogen and oxygen atoms in total. The van der Waals surface area contributed by atoms with Crippen molar-refractivity contribution in [2.45, 2.75) is 18.8 Å². The molecule has 0 spiro atoms. The molecule has 2 aromatic rings. The maximum absolute atomic E-state index is 13.4. The fourth-order valence-corrected chi connectivity index (χ4v) is 3.09. The van der Waals surface area contributed by atoms with Crippen molar-refractivity contribution in [2.24, 2.45) is 7.05 Å². The highest BCUT2D eigenvalue weighted by Gasteiger charge is 2.21. The monoisotopic (exact) mass is 381 g/mol. The molecule has 2 heterocycles. The highest BCUT2D eigenvalue weighted by Crippen LogP contribution is 2.23. The number of carbonyl (C=O) groups is 1. The Hall–Kier alpha value is -1.80. The normalized spacial score (nSPS) is 15.6. The third-order valence-corrected chi connectivity index (χ3v) is 4.29. The van der Waals surface area contributed by atoms with Gasteiger partial charge in [0.1, 0.15) is 5.82 Å². The predicted molar refractivity (Wildman–Crippen MR) is 87.9 cm³/mol. The Bertz CT molecular complexity index is 706. The van der Waals surface area contributed by atoms with E-state index in [-0.39, 0.29) is 5.56 Å². The van der Waals surface area contributed by atoms with Crippen LogP contribution in [-0.2, 0) is 7.05 Å². The lowest BCUT2D eigenvalue weighted by molar-refractivity contribution is 0.102. The largest absolute Gasteiger partial charge is 0.317 e. The minimum atomic E-state index is -0.474. The van der Waals surface area contributed by atoms with E-state index in [9.17, 15) is 9.18 Å². The van der Waals surface area contributed by atoms with Gasteiger partial charge < -0.3 is 5.32 Å². The topological polar surface area (TPSA) is 71.8 Å². The second kappa shape index (κ2) is 6.76. The first-order chi connectivity index (χ1) is 11.0. The van der Waals surface area contributed by atoms with Crippen LogP contribution in [0, 0.1) is 5.82 Å². The first kappa shape index (κ1) is 16.1. The van der Waals surface area contributed by atoms with Gasteiger partial charge >= 0.3 is 0 Å². The molecule has 0 atom stereocenters. The summed E-state index contributed by atoms with van der Waals surface area (Å²) in [5, 5.41) is 10.4. The number of aryl methyl sites for hydroxylation is 1. The molecule has 2 N–H and O–H groups in total. The fourth-order valence-electron chi connectivity index (χ4n) is 2.62. The van der Waals surface area contributed by atoms with E-state index in [0.717, 1.165) is 31.8 Å². The van der Waals surface area contributed by atoms with Crippen molar-refractivity contribution in [1.82, 2.24) is 20.1 Å². The lowest BCUT2D eigenvalue weighted by Gasteiger charge is -2.19. The molecule has 1 fully saturated rings. The smallest absolute Gasteiger partial charge is 0.258 e. The van der Waals surface area contributed by atoms with Crippen LogP contribution in [0.5, 0.6) is 0 Å². The minimum absolute atomic E-state index is 0.225. The molecule has 0 aliphatic carbocycles. The quantitative estimate of drug-likeness (QED) is 0.856. The van der Waals surface area contributed by atoms with Crippen molar-refractivity contribution in [3.05, 3.63) is 39.9 Å². The number of aromatic nitrogens is 3. The number of hydrogen-bond donors (Lipinski definition) is 2. The molecule has 1 aliphatic heterocycles. The molecule has 1 aliphatic rings. The van der Waals surface area contributed by atoms with Crippen LogP contribution in [0.15, 0.2) is 22.7 Å².